The molecule has 1 aromatic rings. The molecule has 1 fully saturated rings. The Morgan fingerprint density at radius 3 is 3.00 bits per heavy atom. The number of hydrogen-bond acceptors (Lipinski definition) is 4. The first kappa shape index (κ1) is 15.9. The van der Waals surface area contributed by atoms with Crippen molar-refractivity contribution in [1.29, 1.82) is 0 Å². The molecule has 1 amide bonds. The fraction of sp³-hybridized carbons (Fsp3) is 0.533. The van der Waals surface area contributed by atoms with Gasteiger partial charge < -0.3 is 15.2 Å². The van der Waals surface area contributed by atoms with Gasteiger partial charge in [0.2, 0.25) is 0 Å². The Labute approximate surface area is 129 Å². The number of benzene rings is 1. The van der Waals surface area contributed by atoms with Crippen LogP contribution in [0.4, 0.5) is 0 Å². The highest BCUT2D eigenvalue weighted by Gasteiger charge is 2.25. The minimum absolute atomic E-state index is 0.0889. The quantitative estimate of drug-likeness (QED) is 0.875. The fourth-order valence-electron chi connectivity index (χ4n) is 2.78. The largest absolute Gasteiger partial charge is 0.505 e. The maximum absolute atomic E-state index is 12.3. The van der Waals surface area contributed by atoms with Gasteiger partial charge in [-0.15, -0.1) is 0 Å². The van der Waals surface area contributed by atoms with Crippen LogP contribution < -0.4 is 10.1 Å². The summed E-state index contributed by atoms with van der Waals surface area (Å²) < 4.78 is 5.13. The lowest BCUT2D eigenvalue weighted by atomic mass is 10.1. The van der Waals surface area contributed by atoms with Gasteiger partial charge in [0.05, 0.1) is 12.1 Å². The summed E-state index contributed by atoms with van der Waals surface area (Å²) in [7, 11) is 1.45. The Balaban J connectivity index is 2.08. The zero-order chi connectivity index (χ0) is 15.4. The van der Waals surface area contributed by atoms with E-state index in [0.717, 1.165) is 25.9 Å². The van der Waals surface area contributed by atoms with Gasteiger partial charge in [-0.25, -0.2) is 0 Å². The van der Waals surface area contributed by atoms with Crippen LogP contribution >= 0.6 is 11.6 Å². The molecule has 2 N–H and O–H groups in total. The standard InChI is InChI=1S/C15H21ClN2O3/c1-3-18-8-4-5-10(18)9-17-15(20)13-12(21-2)7-6-11(16)14(13)19/h6-7,10,19H,3-5,8-9H2,1-2H3,(H,17,20). The van der Waals surface area contributed by atoms with E-state index in [-0.39, 0.29) is 22.2 Å². The molecule has 1 aliphatic heterocycles. The Morgan fingerprint density at radius 1 is 1.57 bits per heavy atom. The molecule has 1 aliphatic rings. The smallest absolute Gasteiger partial charge is 0.258 e. The van der Waals surface area contributed by atoms with Crippen LogP contribution in [-0.4, -0.2) is 48.7 Å². The maximum Gasteiger partial charge on any atom is 0.258 e. The average Bonchev–Trinajstić information content (AvgIpc) is 2.94. The lowest BCUT2D eigenvalue weighted by molar-refractivity contribution is 0.0935. The molecule has 1 saturated heterocycles. The van der Waals surface area contributed by atoms with E-state index in [1.54, 1.807) is 6.07 Å². The number of likely N-dealkylation sites (tertiary alicyclic amines) is 1. The van der Waals surface area contributed by atoms with Crippen LogP contribution in [0, 0.1) is 0 Å². The average molecular weight is 313 g/mol. The number of rotatable bonds is 5. The molecule has 1 heterocycles. The molecule has 1 unspecified atom stereocenters. The van der Waals surface area contributed by atoms with Crippen molar-refractivity contribution < 1.29 is 14.6 Å². The first-order valence-electron chi connectivity index (χ1n) is 7.16. The number of hydrogen-bond donors (Lipinski definition) is 2. The molecular formula is C15H21ClN2O3. The summed E-state index contributed by atoms with van der Waals surface area (Å²) in [5.74, 6) is -0.296. The van der Waals surface area contributed by atoms with Crippen molar-refractivity contribution in [2.75, 3.05) is 26.7 Å². The summed E-state index contributed by atoms with van der Waals surface area (Å²) in [5, 5.41) is 13.0. The molecule has 116 valence electrons. The number of phenolic OH excluding ortho intramolecular Hbond substituents is 1. The van der Waals surface area contributed by atoms with Gasteiger partial charge in [-0.3, -0.25) is 9.69 Å². The second kappa shape index (κ2) is 7.00. The van der Waals surface area contributed by atoms with Gasteiger partial charge in [-0.05, 0) is 38.1 Å². The number of aromatic hydroxyl groups is 1. The predicted molar refractivity (Wildman–Crippen MR) is 82.3 cm³/mol. The van der Waals surface area contributed by atoms with Gasteiger partial charge in [0.1, 0.15) is 11.3 Å². The first-order chi connectivity index (χ1) is 10.1. The summed E-state index contributed by atoms with van der Waals surface area (Å²) >= 11 is 5.87. The summed E-state index contributed by atoms with van der Waals surface area (Å²) in [6, 6.07) is 3.43. The van der Waals surface area contributed by atoms with Gasteiger partial charge in [0.25, 0.3) is 5.91 Å². The molecule has 21 heavy (non-hydrogen) atoms. The summed E-state index contributed by atoms with van der Waals surface area (Å²) in [4.78, 5) is 14.7. The van der Waals surface area contributed by atoms with E-state index in [1.165, 1.54) is 13.2 Å². The zero-order valence-electron chi connectivity index (χ0n) is 12.4. The number of nitrogens with one attached hydrogen (secondary N) is 1. The van der Waals surface area contributed by atoms with Gasteiger partial charge >= 0.3 is 0 Å². The third-order valence-electron chi connectivity index (χ3n) is 3.94. The van der Waals surface area contributed by atoms with Crippen LogP contribution in [0.25, 0.3) is 0 Å². The number of nitrogens with zero attached hydrogens (tertiary/aromatic N) is 1. The lowest BCUT2D eigenvalue weighted by Crippen LogP contribution is -2.40. The summed E-state index contributed by atoms with van der Waals surface area (Å²) in [5.41, 5.74) is 0.0889. The molecule has 0 bridgehead atoms. The van der Waals surface area contributed by atoms with Crippen molar-refractivity contribution in [2.45, 2.75) is 25.8 Å². The van der Waals surface area contributed by atoms with Crippen molar-refractivity contribution in [1.82, 2.24) is 10.2 Å². The molecule has 0 aromatic heterocycles. The van der Waals surface area contributed by atoms with Crippen LogP contribution in [0.15, 0.2) is 12.1 Å². The fourth-order valence-corrected chi connectivity index (χ4v) is 2.94. The van der Waals surface area contributed by atoms with Crippen LogP contribution in [0.5, 0.6) is 11.5 Å². The van der Waals surface area contributed by atoms with Gasteiger partial charge in [0.15, 0.2) is 5.75 Å². The third-order valence-corrected chi connectivity index (χ3v) is 4.25. The Morgan fingerprint density at radius 2 is 2.33 bits per heavy atom. The molecule has 0 saturated carbocycles. The van der Waals surface area contributed by atoms with E-state index >= 15 is 0 Å². The number of carbonyl (C=O) groups excluding carboxylic acids is 1. The molecule has 0 aliphatic carbocycles. The first-order valence-corrected chi connectivity index (χ1v) is 7.54. The Bertz CT molecular complexity index is 522. The maximum atomic E-state index is 12.3. The number of carbonyl (C=O) groups is 1. The number of likely N-dealkylation sites (N-methyl/N-ethyl adjacent to an activating group) is 1. The molecule has 1 atom stereocenters. The Hall–Kier alpha value is -1.46. The van der Waals surface area contributed by atoms with E-state index in [1.807, 2.05) is 0 Å². The molecule has 0 radical (unpaired) electrons. The van der Waals surface area contributed by atoms with Gasteiger partial charge in [0, 0.05) is 12.6 Å². The topological polar surface area (TPSA) is 61.8 Å². The normalized spacial score (nSPS) is 18.7. The van der Waals surface area contributed by atoms with Crippen molar-refractivity contribution in [3.8, 4) is 11.5 Å². The zero-order valence-corrected chi connectivity index (χ0v) is 13.1. The van der Waals surface area contributed by atoms with E-state index < -0.39 is 0 Å². The molecule has 0 spiro atoms. The van der Waals surface area contributed by atoms with Crippen LogP contribution in [0.2, 0.25) is 5.02 Å². The SMILES string of the molecule is CCN1CCCC1CNC(=O)c1c(OC)ccc(Cl)c1O. The highest BCUT2D eigenvalue weighted by Crippen LogP contribution is 2.34. The third kappa shape index (κ3) is 3.41. The highest BCUT2D eigenvalue weighted by atomic mass is 35.5. The van der Waals surface area contributed by atoms with Gasteiger partial charge in [-0.1, -0.05) is 18.5 Å². The molecular weight excluding hydrogens is 292 g/mol. The van der Waals surface area contributed by atoms with E-state index in [4.69, 9.17) is 16.3 Å². The second-order valence-electron chi connectivity index (χ2n) is 5.11. The minimum atomic E-state index is -0.366. The van der Waals surface area contributed by atoms with Crippen molar-refractivity contribution in [3.05, 3.63) is 22.7 Å². The van der Waals surface area contributed by atoms with Crippen molar-refractivity contribution in [2.24, 2.45) is 0 Å². The van der Waals surface area contributed by atoms with Crippen LogP contribution in [-0.2, 0) is 0 Å². The van der Waals surface area contributed by atoms with Crippen LogP contribution in [0.1, 0.15) is 30.1 Å². The minimum Gasteiger partial charge on any atom is -0.505 e. The monoisotopic (exact) mass is 312 g/mol. The van der Waals surface area contributed by atoms with Crippen molar-refractivity contribution >= 4 is 17.5 Å². The van der Waals surface area contributed by atoms with Gasteiger partial charge in [-0.2, -0.15) is 0 Å². The predicted octanol–water partition coefficient (Wildman–Crippen LogP) is 2.27. The lowest BCUT2D eigenvalue weighted by Gasteiger charge is -2.23. The molecule has 1 aromatic carbocycles. The van der Waals surface area contributed by atoms with Crippen LogP contribution in [0.3, 0.4) is 0 Å². The second-order valence-corrected chi connectivity index (χ2v) is 5.52. The number of methoxy groups -OCH3 is 1. The highest BCUT2D eigenvalue weighted by molar-refractivity contribution is 6.32. The number of phenols is 1. The Kier molecular flexibility index (Phi) is 5.31. The number of amides is 1. The van der Waals surface area contributed by atoms with Crippen molar-refractivity contribution in [3.63, 3.8) is 0 Å². The van der Waals surface area contributed by atoms with E-state index in [2.05, 4.69) is 17.1 Å². The molecule has 2 rings (SSSR count). The number of halogens is 1. The van der Waals surface area contributed by atoms with E-state index in [0.29, 0.717) is 18.3 Å². The molecule has 6 heteroatoms. The molecule has 5 nitrogen and oxygen atoms in total. The summed E-state index contributed by atoms with van der Waals surface area (Å²) in [6.07, 6.45) is 2.23. The van der Waals surface area contributed by atoms with E-state index in [9.17, 15) is 9.90 Å². The number of ether oxygens (including phenoxy) is 1. The summed E-state index contributed by atoms with van der Waals surface area (Å²) in [6.45, 7) is 4.72.